The molecule has 0 bridgehead atoms. The van der Waals surface area contributed by atoms with Gasteiger partial charge in [0, 0.05) is 0 Å². The lowest BCUT2D eigenvalue weighted by molar-refractivity contribution is -0.133. The van der Waals surface area contributed by atoms with Crippen molar-refractivity contribution < 1.29 is 13.9 Å². The van der Waals surface area contributed by atoms with Gasteiger partial charge in [0.1, 0.15) is 11.1 Å². The molecular weight excluding hydrogens is 340 g/mol. The third-order valence-electron chi connectivity index (χ3n) is 4.24. The van der Waals surface area contributed by atoms with E-state index >= 15 is 0 Å². The summed E-state index contributed by atoms with van der Waals surface area (Å²) < 4.78 is 11.1. The summed E-state index contributed by atoms with van der Waals surface area (Å²) in [5.41, 5.74) is 1.57. The molecule has 27 heavy (non-hydrogen) atoms. The van der Waals surface area contributed by atoms with Crippen LogP contribution in [-0.4, -0.2) is 5.97 Å². The second-order valence-electron chi connectivity index (χ2n) is 6.09. The molecule has 0 unspecified atom stereocenters. The molecule has 0 radical (unpaired) electrons. The minimum Gasteiger partial charge on any atom is -0.425 e. The molecule has 0 fully saturated rings. The average Bonchev–Trinajstić information content (AvgIpc) is 2.69. The van der Waals surface area contributed by atoms with Crippen LogP contribution in [0.3, 0.4) is 0 Å². The maximum atomic E-state index is 12.6. The Kier molecular flexibility index (Phi) is 4.54. The van der Waals surface area contributed by atoms with E-state index in [1.807, 2.05) is 54.6 Å². The van der Waals surface area contributed by atoms with Crippen LogP contribution in [0.5, 0.6) is 5.75 Å². The van der Waals surface area contributed by atoms with E-state index < -0.39 is 11.6 Å². The Labute approximate surface area is 155 Å². The molecule has 4 nitrogen and oxygen atoms in total. The molecule has 0 spiro atoms. The Bertz CT molecular complexity index is 1150. The van der Waals surface area contributed by atoms with Crippen molar-refractivity contribution in [1.29, 1.82) is 0 Å². The number of rotatable bonds is 4. The zero-order chi connectivity index (χ0) is 18.6. The molecule has 4 heteroatoms. The highest BCUT2D eigenvalue weighted by molar-refractivity contribution is 5.93. The van der Waals surface area contributed by atoms with Crippen LogP contribution in [0.15, 0.2) is 94.1 Å². The van der Waals surface area contributed by atoms with Gasteiger partial charge in [0.25, 0.3) is 0 Å². The molecule has 132 valence electrons. The van der Waals surface area contributed by atoms with Gasteiger partial charge in [-0.15, -0.1) is 0 Å². The average molecular weight is 356 g/mol. The lowest BCUT2D eigenvalue weighted by Crippen LogP contribution is -2.15. The maximum Gasteiger partial charge on any atom is 0.348 e. The number of ether oxygens (including phenoxy) is 1. The summed E-state index contributed by atoms with van der Waals surface area (Å²) >= 11 is 0. The molecule has 0 aliphatic carbocycles. The van der Waals surface area contributed by atoms with Crippen LogP contribution < -0.4 is 10.4 Å². The highest BCUT2D eigenvalue weighted by Gasteiger charge is 2.20. The molecular formula is C23H16O4. The van der Waals surface area contributed by atoms with Gasteiger partial charge in [0.15, 0.2) is 5.75 Å². The standard InChI is InChI=1S/C23H16O4/c24-20(15-16-9-3-1-4-10-16)27-22-18-13-7-8-14-19(18)26-23(25)21(22)17-11-5-2-6-12-17/h1-14H,15H2. The van der Waals surface area contributed by atoms with Gasteiger partial charge in [-0.05, 0) is 23.3 Å². The van der Waals surface area contributed by atoms with E-state index in [9.17, 15) is 9.59 Å². The summed E-state index contributed by atoms with van der Waals surface area (Å²) in [4.78, 5) is 25.2. The largest absolute Gasteiger partial charge is 0.425 e. The van der Waals surface area contributed by atoms with E-state index in [2.05, 4.69) is 0 Å². The SMILES string of the molecule is O=C(Cc1ccccc1)Oc1c(-c2ccccc2)c(=O)oc2ccccc12. The molecule has 1 heterocycles. The van der Waals surface area contributed by atoms with Gasteiger partial charge in [0.2, 0.25) is 0 Å². The van der Waals surface area contributed by atoms with Gasteiger partial charge >= 0.3 is 11.6 Å². The van der Waals surface area contributed by atoms with Crippen molar-refractivity contribution in [2.75, 3.05) is 0 Å². The van der Waals surface area contributed by atoms with Crippen LogP contribution in [0.2, 0.25) is 0 Å². The lowest BCUT2D eigenvalue weighted by atomic mass is 10.0. The zero-order valence-electron chi connectivity index (χ0n) is 14.4. The minimum absolute atomic E-state index is 0.115. The predicted molar refractivity (Wildman–Crippen MR) is 104 cm³/mol. The van der Waals surface area contributed by atoms with Crippen LogP contribution in [0.4, 0.5) is 0 Å². The Hall–Kier alpha value is -3.66. The van der Waals surface area contributed by atoms with Gasteiger partial charge in [-0.1, -0.05) is 72.8 Å². The van der Waals surface area contributed by atoms with E-state index in [0.717, 1.165) is 5.56 Å². The predicted octanol–water partition coefficient (Wildman–Crippen LogP) is 4.61. The fourth-order valence-electron chi connectivity index (χ4n) is 2.99. The Balaban J connectivity index is 1.82. The van der Waals surface area contributed by atoms with E-state index in [4.69, 9.17) is 9.15 Å². The third-order valence-corrected chi connectivity index (χ3v) is 4.24. The first kappa shape index (κ1) is 16.8. The first-order valence-electron chi connectivity index (χ1n) is 8.58. The van der Waals surface area contributed by atoms with Crippen LogP contribution >= 0.6 is 0 Å². The molecule has 0 saturated carbocycles. The first-order chi connectivity index (χ1) is 13.2. The number of benzene rings is 3. The van der Waals surface area contributed by atoms with E-state index in [1.54, 1.807) is 30.3 Å². The molecule has 0 amide bonds. The van der Waals surface area contributed by atoms with E-state index in [0.29, 0.717) is 16.5 Å². The Morgan fingerprint density at radius 3 is 2.19 bits per heavy atom. The van der Waals surface area contributed by atoms with Crippen molar-refractivity contribution in [3.63, 3.8) is 0 Å². The molecule has 0 N–H and O–H groups in total. The summed E-state index contributed by atoms with van der Waals surface area (Å²) in [6.07, 6.45) is 0.115. The van der Waals surface area contributed by atoms with Crippen molar-refractivity contribution >= 4 is 16.9 Å². The molecule has 0 atom stereocenters. The van der Waals surface area contributed by atoms with Crippen molar-refractivity contribution in [3.8, 4) is 16.9 Å². The smallest absolute Gasteiger partial charge is 0.348 e. The van der Waals surface area contributed by atoms with Crippen LogP contribution in [0, 0.1) is 0 Å². The number of para-hydroxylation sites is 1. The number of fused-ring (bicyclic) bond motifs is 1. The second kappa shape index (κ2) is 7.30. The lowest BCUT2D eigenvalue weighted by Gasteiger charge is -2.12. The molecule has 4 rings (SSSR count). The highest BCUT2D eigenvalue weighted by atomic mass is 16.5. The quantitative estimate of drug-likeness (QED) is 0.396. The minimum atomic E-state index is -0.539. The van der Waals surface area contributed by atoms with Gasteiger partial charge in [-0.25, -0.2) is 4.79 Å². The molecule has 1 aromatic heterocycles. The summed E-state index contributed by atoms with van der Waals surface area (Å²) in [5.74, 6) is -0.205. The van der Waals surface area contributed by atoms with Crippen LogP contribution in [0.25, 0.3) is 22.1 Å². The third kappa shape index (κ3) is 3.51. The fraction of sp³-hybridized carbons (Fsp3) is 0.0435. The zero-order valence-corrected chi connectivity index (χ0v) is 14.4. The summed E-state index contributed by atoms with van der Waals surface area (Å²) in [5, 5.41) is 0.581. The molecule has 4 aromatic rings. The van der Waals surface area contributed by atoms with E-state index in [-0.39, 0.29) is 17.7 Å². The number of hydrogen-bond acceptors (Lipinski definition) is 4. The monoisotopic (exact) mass is 356 g/mol. The first-order valence-corrected chi connectivity index (χ1v) is 8.58. The van der Waals surface area contributed by atoms with Crippen molar-refractivity contribution in [1.82, 2.24) is 0 Å². The van der Waals surface area contributed by atoms with Crippen molar-refractivity contribution in [2.45, 2.75) is 6.42 Å². The Morgan fingerprint density at radius 1 is 0.815 bits per heavy atom. The topological polar surface area (TPSA) is 56.5 Å². The van der Waals surface area contributed by atoms with E-state index in [1.165, 1.54) is 0 Å². The molecule has 0 aliphatic heterocycles. The number of carbonyl (C=O) groups excluding carboxylic acids is 1. The number of esters is 1. The Morgan fingerprint density at radius 2 is 1.44 bits per heavy atom. The fourth-order valence-corrected chi connectivity index (χ4v) is 2.99. The van der Waals surface area contributed by atoms with Crippen LogP contribution in [-0.2, 0) is 11.2 Å². The van der Waals surface area contributed by atoms with Gasteiger partial charge < -0.3 is 9.15 Å². The van der Waals surface area contributed by atoms with Crippen molar-refractivity contribution in [2.24, 2.45) is 0 Å². The van der Waals surface area contributed by atoms with Crippen molar-refractivity contribution in [3.05, 3.63) is 101 Å². The molecule has 0 saturated heterocycles. The highest BCUT2D eigenvalue weighted by Crippen LogP contribution is 2.34. The maximum absolute atomic E-state index is 12.6. The van der Waals surface area contributed by atoms with Gasteiger partial charge in [0.05, 0.1) is 11.8 Å². The normalized spacial score (nSPS) is 10.7. The number of hydrogen-bond donors (Lipinski definition) is 0. The summed E-state index contributed by atoms with van der Waals surface area (Å²) in [6, 6.07) is 25.4. The summed E-state index contributed by atoms with van der Waals surface area (Å²) in [7, 11) is 0. The molecule has 0 aliphatic rings. The summed E-state index contributed by atoms with van der Waals surface area (Å²) in [6.45, 7) is 0. The van der Waals surface area contributed by atoms with Gasteiger partial charge in [-0.2, -0.15) is 0 Å². The van der Waals surface area contributed by atoms with Gasteiger partial charge in [-0.3, -0.25) is 4.79 Å². The second-order valence-corrected chi connectivity index (χ2v) is 6.09. The van der Waals surface area contributed by atoms with Crippen LogP contribution in [0.1, 0.15) is 5.56 Å². The number of carbonyl (C=O) groups is 1. The molecule has 3 aromatic carbocycles.